The average molecular weight is 340 g/mol. The zero-order valence-electron chi connectivity index (χ0n) is 15.2. The number of hydrogen-bond donors (Lipinski definition) is 0. The van der Waals surface area contributed by atoms with Crippen molar-refractivity contribution < 1.29 is 14.0 Å². The van der Waals surface area contributed by atoms with Gasteiger partial charge in [-0.15, -0.1) is 0 Å². The van der Waals surface area contributed by atoms with E-state index in [9.17, 15) is 4.79 Å². The molecular formula is C18H33NO3Si. The van der Waals surface area contributed by atoms with Crippen molar-refractivity contribution in [2.75, 3.05) is 6.54 Å². The molecule has 4 nitrogen and oxygen atoms in total. The van der Waals surface area contributed by atoms with E-state index in [0.717, 1.165) is 32.2 Å². The van der Waals surface area contributed by atoms with Crippen molar-refractivity contribution in [1.82, 2.24) is 4.90 Å². The fourth-order valence-electron chi connectivity index (χ4n) is 4.87. The van der Waals surface area contributed by atoms with Crippen LogP contribution in [-0.4, -0.2) is 50.0 Å². The maximum Gasteiger partial charge on any atom is 0.222 e. The summed E-state index contributed by atoms with van der Waals surface area (Å²) < 4.78 is 12.9. The molecule has 0 spiro atoms. The third-order valence-corrected chi connectivity index (χ3v) is 11.3. The van der Waals surface area contributed by atoms with Crippen molar-refractivity contribution in [2.24, 2.45) is 5.92 Å². The van der Waals surface area contributed by atoms with Crippen molar-refractivity contribution in [3.8, 4) is 0 Å². The molecule has 0 bridgehead atoms. The fourth-order valence-corrected chi connectivity index (χ4v) is 7.78. The first-order chi connectivity index (χ1) is 11.1. The van der Waals surface area contributed by atoms with Crippen LogP contribution in [0.5, 0.6) is 0 Å². The molecule has 0 saturated carbocycles. The zero-order valence-corrected chi connectivity index (χ0v) is 16.2. The van der Waals surface area contributed by atoms with Crippen LogP contribution in [-0.2, 0) is 14.0 Å². The minimum atomic E-state index is -1.62. The minimum absolute atomic E-state index is 0.301. The lowest BCUT2D eigenvalue weighted by Crippen LogP contribution is -2.55. The van der Waals surface area contributed by atoms with Gasteiger partial charge in [-0.1, -0.05) is 27.7 Å². The Morgan fingerprint density at radius 1 is 1.17 bits per heavy atom. The SMILES string of the molecule is CCC1OC1[C@@H]1[C@H](O[Si](CC)(CC)CC)CCN2C(=O)CC[C@@H]12. The van der Waals surface area contributed by atoms with Gasteiger partial charge in [0.1, 0.15) is 0 Å². The van der Waals surface area contributed by atoms with Gasteiger partial charge in [-0.3, -0.25) is 4.79 Å². The van der Waals surface area contributed by atoms with Gasteiger partial charge >= 0.3 is 0 Å². The van der Waals surface area contributed by atoms with Crippen LogP contribution in [0, 0.1) is 5.92 Å². The third kappa shape index (κ3) is 3.12. The number of ether oxygens (including phenoxy) is 1. The van der Waals surface area contributed by atoms with Gasteiger partial charge in [-0.25, -0.2) is 0 Å². The highest BCUT2D eigenvalue weighted by Gasteiger charge is 2.56. The molecule has 3 heterocycles. The van der Waals surface area contributed by atoms with E-state index in [2.05, 4.69) is 32.6 Å². The van der Waals surface area contributed by atoms with Crippen molar-refractivity contribution in [1.29, 1.82) is 0 Å². The molecule has 5 atom stereocenters. The van der Waals surface area contributed by atoms with E-state index in [1.165, 1.54) is 18.1 Å². The van der Waals surface area contributed by atoms with Crippen LogP contribution in [0.3, 0.4) is 0 Å². The summed E-state index contributed by atoms with van der Waals surface area (Å²) >= 11 is 0. The monoisotopic (exact) mass is 339 g/mol. The Morgan fingerprint density at radius 3 is 2.43 bits per heavy atom. The van der Waals surface area contributed by atoms with Crippen molar-refractivity contribution >= 4 is 14.2 Å². The highest BCUT2D eigenvalue weighted by Crippen LogP contribution is 2.45. The predicted molar refractivity (Wildman–Crippen MR) is 93.9 cm³/mol. The molecule has 3 rings (SSSR count). The van der Waals surface area contributed by atoms with Crippen LogP contribution >= 0.6 is 0 Å². The van der Waals surface area contributed by atoms with Gasteiger partial charge in [-0.2, -0.15) is 0 Å². The lowest BCUT2D eigenvalue weighted by Gasteiger charge is -2.45. The van der Waals surface area contributed by atoms with E-state index in [1.807, 2.05) is 0 Å². The van der Waals surface area contributed by atoms with Gasteiger partial charge < -0.3 is 14.1 Å². The standard InChI is InChI=1S/C18H33NO3Si/c1-5-14-18(21-14)17-13-9-10-16(20)19(13)12-11-15(17)22-23(6-2,7-3)8-4/h13-15,17-18H,5-12H2,1-4H3/t13-,14?,15+,17-,18?/m0/s1. The predicted octanol–water partition coefficient (Wildman–Crippen LogP) is 3.57. The van der Waals surface area contributed by atoms with Crippen LogP contribution in [0.25, 0.3) is 0 Å². The van der Waals surface area contributed by atoms with E-state index in [0.29, 0.717) is 36.2 Å². The minimum Gasteiger partial charge on any atom is -0.413 e. The summed E-state index contributed by atoms with van der Waals surface area (Å²) in [4.78, 5) is 14.3. The number of hydrogen-bond acceptors (Lipinski definition) is 3. The topological polar surface area (TPSA) is 42.1 Å². The average Bonchev–Trinajstić information content (AvgIpc) is 3.27. The summed E-state index contributed by atoms with van der Waals surface area (Å²) in [6.07, 6.45) is 4.80. The molecule has 0 N–H and O–H groups in total. The van der Waals surface area contributed by atoms with Crippen LogP contribution in [0.15, 0.2) is 0 Å². The largest absolute Gasteiger partial charge is 0.413 e. The van der Waals surface area contributed by atoms with Gasteiger partial charge in [0.15, 0.2) is 8.32 Å². The number of carbonyl (C=O) groups is 1. The molecule has 23 heavy (non-hydrogen) atoms. The molecule has 0 aliphatic carbocycles. The maximum atomic E-state index is 12.2. The Kier molecular flexibility index (Phi) is 5.19. The molecular weight excluding hydrogens is 306 g/mol. The van der Waals surface area contributed by atoms with Gasteiger partial charge in [0.25, 0.3) is 0 Å². The van der Waals surface area contributed by atoms with Crippen LogP contribution in [0.1, 0.15) is 53.4 Å². The molecule has 3 fully saturated rings. The van der Waals surface area contributed by atoms with E-state index in [4.69, 9.17) is 9.16 Å². The van der Waals surface area contributed by atoms with Crippen LogP contribution in [0.2, 0.25) is 18.1 Å². The molecule has 2 unspecified atom stereocenters. The third-order valence-electron chi connectivity index (χ3n) is 6.64. The van der Waals surface area contributed by atoms with Gasteiger partial charge in [-0.05, 0) is 37.4 Å². The van der Waals surface area contributed by atoms with E-state index in [-0.39, 0.29) is 0 Å². The Morgan fingerprint density at radius 2 is 1.87 bits per heavy atom. The lowest BCUT2D eigenvalue weighted by molar-refractivity contribution is -0.133. The lowest BCUT2D eigenvalue weighted by atomic mass is 9.83. The second-order valence-electron chi connectivity index (χ2n) is 7.51. The first-order valence-corrected chi connectivity index (χ1v) is 12.2. The highest BCUT2D eigenvalue weighted by atomic mass is 28.4. The molecule has 3 aliphatic heterocycles. The van der Waals surface area contributed by atoms with Crippen LogP contribution in [0.4, 0.5) is 0 Å². The molecule has 0 aromatic heterocycles. The van der Waals surface area contributed by atoms with Gasteiger partial charge in [0.2, 0.25) is 5.91 Å². The molecule has 0 aromatic carbocycles. The Hall–Kier alpha value is -0.393. The number of amides is 1. The number of piperidine rings is 1. The maximum absolute atomic E-state index is 12.2. The summed E-state index contributed by atoms with van der Waals surface area (Å²) in [5.74, 6) is 0.744. The molecule has 1 amide bonds. The first kappa shape index (κ1) is 17.4. The molecule has 132 valence electrons. The number of fused-ring (bicyclic) bond motifs is 1. The van der Waals surface area contributed by atoms with E-state index in [1.54, 1.807) is 0 Å². The number of nitrogens with zero attached hydrogens (tertiary/aromatic N) is 1. The quantitative estimate of drug-likeness (QED) is 0.526. The number of rotatable bonds is 7. The molecule has 3 aliphatic rings. The summed E-state index contributed by atoms with van der Waals surface area (Å²) in [6.45, 7) is 9.97. The van der Waals surface area contributed by atoms with Gasteiger partial charge in [0.05, 0.1) is 18.3 Å². The second-order valence-corrected chi connectivity index (χ2v) is 12.2. The summed E-state index contributed by atoms with van der Waals surface area (Å²) in [5, 5.41) is 0. The van der Waals surface area contributed by atoms with Crippen LogP contribution < -0.4 is 0 Å². The van der Waals surface area contributed by atoms with Crippen molar-refractivity contribution in [2.45, 2.75) is 95.9 Å². The van der Waals surface area contributed by atoms with E-state index < -0.39 is 8.32 Å². The second kappa shape index (κ2) is 6.85. The zero-order chi connectivity index (χ0) is 16.6. The van der Waals surface area contributed by atoms with Crippen molar-refractivity contribution in [3.05, 3.63) is 0 Å². The Labute approximate surface area is 142 Å². The van der Waals surface area contributed by atoms with Crippen molar-refractivity contribution in [3.63, 3.8) is 0 Å². The molecule has 3 saturated heterocycles. The summed E-state index contributed by atoms with van der Waals surface area (Å²) in [7, 11) is -1.62. The molecule has 0 aromatic rings. The molecule has 5 heteroatoms. The number of carbonyl (C=O) groups excluding carboxylic acids is 1. The van der Waals surface area contributed by atoms with Gasteiger partial charge in [0, 0.05) is 24.9 Å². The summed E-state index contributed by atoms with van der Waals surface area (Å²) in [5.41, 5.74) is 0. The highest BCUT2D eigenvalue weighted by molar-refractivity contribution is 6.73. The smallest absolute Gasteiger partial charge is 0.222 e. The van der Waals surface area contributed by atoms with E-state index >= 15 is 0 Å². The summed E-state index contributed by atoms with van der Waals surface area (Å²) in [6, 6.07) is 3.94. The first-order valence-electron chi connectivity index (χ1n) is 9.71. The Balaban J connectivity index is 1.79. The number of epoxide rings is 1. The molecule has 0 radical (unpaired) electrons. The normalized spacial score (nSPS) is 37.1. The fraction of sp³-hybridized carbons (Fsp3) is 0.944. The Bertz CT molecular complexity index is 432.